The summed E-state index contributed by atoms with van der Waals surface area (Å²) in [5.74, 6) is 0.428. The third-order valence-electron chi connectivity index (χ3n) is 2.87. The van der Waals surface area contributed by atoms with Crippen molar-refractivity contribution in [2.24, 2.45) is 0 Å². The predicted octanol–water partition coefficient (Wildman–Crippen LogP) is 4.52. The van der Waals surface area contributed by atoms with Crippen LogP contribution in [0.4, 0.5) is 11.4 Å². The van der Waals surface area contributed by atoms with Crippen molar-refractivity contribution in [1.29, 1.82) is 0 Å². The summed E-state index contributed by atoms with van der Waals surface area (Å²) in [4.78, 5) is 10.5. The fourth-order valence-corrected chi connectivity index (χ4v) is 2.25. The Hall–Kier alpha value is -1.98. The first-order chi connectivity index (χ1) is 10.0. The summed E-state index contributed by atoms with van der Waals surface area (Å²) in [5.41, 5.74) is 1.07. The minimum atomic E-state index is -0.443. The van der Waals surface area contributed by atoms with Crippen molar-refractivity contribution in [3.63, 3.8) is 0 Å². The number of rotatable bonds is 5. The summed E-state index contributed by atoms with van der Waals surface area (Å²) in [6, 6.07) is 9.85. The number of nitrogens with one attached hydrogen (secondary N) is 1. The Labute approximate surface area is 131 Å². The predicted molar refractivity (Wildman–Crippen MR) is 83.4 cm³/mol. The molecule has 0 aliphatic carbocycles. The first kappa shape index (κ1) is 15.4. The van der Waals surface area contributed by atoms with Crippen molar-refractivity contribution in [1.82, 2.24) is 0 Å². The largest absolute Gasteiger partial charge is 0.487 e. The maximum Gasteiger partial charge on any atom is 0.292 e. The quantitative estimate of drug-likeness (QED) is 0.648. The Morgan fingerprint density at radius 2 is 1.95 bits per heavy atom. The zero-order valence-electron chi connectivity index (χ0n) is 11.1. The van der Waals surface area contributed by atoms with Gasteiger partial charge in [0.1, 0.15) is 23.1 Å². The van der Waals surface area contributed by atoms with Crippen LogP contribution >= 0.6 is 23.2 Å². The highest BCUT2D eigenvalue weighted by Crippen LogP contribution is 2.33. The van der Waals surface area contributed by atoms with Gasteiger partial charge in [-0.15, -0.1) is 0 Å². The molecule has 0 heterocycles. The Kier molecular flexibility index (Phi) is 4.88. The summed E-state index contributed by atoms with van der Waals surface area (Å²) in [6.45, 7) is 0.137. The van der Waals surface area contributed by atoms with Gasteiger partial charge in [0, 0.05) is 18.7 Å². The van der Waals surface area contributed by atoms with E-state index in [1.807, 2.05) is 0 Å². The lowest BCUT2D eigenvalue weighted by atomic mass is 10.1. The topological polar surface area (TPSA) is 64.4 Å². The molecule has 0 aromatic heterocycles. The van der Waals surface area contributed by atoms with Gasteiger partial charge in [0.05, 0.1) is 9.95 Å². The number of benzene rings is 2. The molecule has 0 radical (unpaired) electrons. The van der Waals surface area contributed by atoms with Gasteiger partial charge in [-0.2, -0.15) is 0 Å². The van der Waals surface area contributed by atoms with Crippen LogP contribution in [-0.4, -0.2) is 12.0 Å². The first-order valence-electron chi connectivity index (χ1n) is 6.05. The van der Waals surface area contributed by atoms with Crippen LogP contribution in [0.25, 0.3) is 0 Å². The molecular weight excluding hydrogens is 315 g/mol. The van der Waals surface area contributed by atoms with E-state index in [2.05, 4.69) is 5.32 Å². The van der Waals surface area contributed by atoms with E-state index < -0.39 is 4.92 Å². The molecule has 0 fully saturated rings. The number of nitrogens with zero attached hydrogens (tertiary/aromatic N) is 1. The van der Waals surface area contributed by atoms with Gasteiger partial charge in [0.25, 0.3) is 5.69 Å². The summed E-state index contributed by atoms with van der Waals surface area (Å²) in [7, 11) is 1.62. The minimum Gasteiger partial charge on any atom is -0.487 e. The number of para-hydroxylation sites is 1. The smallest absolute Gasteiger partial charge is 0.292 e. The molecule has 0 bridgehead atoms. The molecule has 7 heteroatoms. The molecule has 0 unspecified atom stereocenters. The van der Waals surface area contributed by atoms with Crippen LogP contribution in [0.3, 0.4) is 0 Å². The minimum absolute atomic E-state index is 0.00390. The van der Waals surface area contributed by atoms with Crippen LogP contribution in [0, 0.1) is 10.1 Å². The van der Waals surface area contributed by atoms with E-state index in [0.29, 0.717) is 27.0 Å². The molecule has 0 aliphatic rings. The Bertz CT molecular complexity index is 677. The Morgan fingerprint density at radius 3 is 2.62 bits per heavy atom. The normalized spacial score (nSPS) is 10.2. The number of hydrogen-bond acceptors (Lipinski definition) is 4. The third-order valence-corrected chi connectivity index (χ3v) is 3.68. The summed E-state index contributed by atoms with van der Waals surface area (Å²) in [5, 5.41) is 14.5. The van der Waals surface area contributed by atoms with E-state index in [4.69, 9.17) is 27.9 Å². The molecule has 2 aromatic rings. The van der Waals surface area contributed by atoms with Gasteiger partial charge < -0.3 is 10.1 Å². The number of ether oxygens (including phenoxy) is 1. The first-order valence-corrected chi connectivity index (χ1v) is 6.81. The lowest BCUT2D eigenvalue weighted by Crippen LogP contribution is -2.04. The standard InChI is InChI=1S/C14H12Cl2N2O3/c1-17-14-9(4-2-6-11(14)18(19)20)8-21-12-7-3-5-10(15)13(12)16/h2-7,17H,8H2,1H3. The van der Waals surface area contributed by atoms with Crippen LogP contribution < -0.4 is 10.1 Å². The van der Waals surface area contributed by atoms with Gasteiger partial charge in [0.15, 0.2) is 0 Å². The fourth-order valence-electron chi connectivity index (χ4n) is 1.90. The second-order valence-electron chi connectivity index (χ2n) is 4.16. The molecule has 0 spiro atoms. The summed E-state index contributed by atoms with van der Waals surface area (Å²) in [6.07, 6.45) is 0. The van der Waals surface area contributed by atoms with E-state index in [-0.39, 0.29) is 12.3 Å². The average molecular weight is 327 g/mol. The van der Waals surface area contributed by atoms with Crippen molar-refractivity contribution < 1.29 is 9.66 Å². The molecular formula is C14H12Cl2N2O3. The number of nitro benzene ring substituents is 1. The van der Waals surface area contributed by atoms with Crippen LogP contribution in [0.2, 0.25) is 10.0 Å². The summed E-state index contributed by atoms with van der Waals surface area (Å²) < 4.78 is 5.60. The van der Waals surface area contributed by atoms with Crippen molar-refractivity contribution in [3.8, 4) is 5.75 Å². The number of nitro groups is 1. The van der Waals surface area contributed by atoms with Crippen LogP contribution in [0.15, 0.2) is 36.4 Å². The van der Waals surface area contributed by atoms with Gasteiger partial charge in [0.2, 0.25) is 0 Å². The maximum absolute atomic E-state index is 11.0. The molecule has 1 N–H and O–H groups in total. The molecule has 0 atom stereocenters. The molecule has 110 valence electrons. The zero-order chi connectivity index (χ0) is 15.4. The average Bonchev–Trinajstić information content (AvgIpc) is 2.48. The molecule has 21 heavy (non-hydrogen) atoms. The number of halogens is 2. The fraction of sp³-hybridized carbons (Fsp3) is 0.143. The van der Waals surface area contributed by atoms with Gasteiger partial charge in [-0.3, -0.25) is 10.1 Å². The molecule has 5 nitrogen and oxygen atoms in total. The van der Waals surface area contributed by atoms with Gasteiger partial charge >= 0.3 is 0 Å². The van der Waals surface area contributed by atoms with Gasteiger partial charge in [-0.1, -0.05) is 41.4 Å². The van der Waals surface area contributed by atoms with E-state index in [1.165, 1.54) is 6.07 Å². The number of hydrogen-bond donors (Lipinski definition) is 1. The van der Waals surface area contributed by atoms with Crippen LogP contribution in [-0.2, 0) is 6.61 Å². The molecule has 0 amide bonds. The highest BCUT2D eigenvalue weighted by atomic mass is 35.5. The van der Waals surface area contributed by atoms with Gasteiger partial charge in [-0.25, -0.2) is 0 Å². The Morgan fingerprint density at radius 1 is 1.24 bits per heavy atom. The summed E-state index contributed by atoms with van der Waals surface area (Å²) >= 11 is 11.9. The molecule has 2 rings (SSSR count). The molecule has 0 saturated carbocycles. The van der Waals surface area contributed by atoms with E-state index in [9.17, 15) is 10.1 Å². The molecule has 0 saturated heterocycles. The lowest BCUT2D eigenvalue weighted by Gasteiger charge is -2.12. The second-order valence-corrected chi connectivity index (χ2v) is 4.94. The number of anilines is 1. The lowest BCUT2D eigenvalue weighted by molar-refractivity contribution is -0.384. The van der Waals surface area contributed by atoms with Crippen molar-refractivity contribution in [2.45, 2.75) is 6.61 Å². The zero-order valence-corrected chi connectivity index (χ0v) is 12.6. The van der Waals surface area contributed by atoms with Crippen molar-refractivity contribution >= 4 is 34.6 Å². The van der Waals surface area contributed by atoms with E-state index in [1.54, 1.807) is 37.4 Å². The van der Waals surface area contributed by atoms with Crippen LogP contribution in [0.1, 0.15) is 5.56 Å². The van der Waals surface area contributed by atoms with E-state index in [0.717, 1.165) is 0 Å². The van der Waals surface area contributed by atoms with Crippen molar-refractivity contribution in [3.05, 3.63) is 62.1 Å². The Balaban J connectivity index is 2.26. The maximum atomic E-state index is 11.0. The monoisotopic (exact) mass is 326 g/mol. The highest BCUT2D eigenvalue weighted by Gasteiger charge is 2.16. The highest BCUT2D eigenvalue weighted by molar-refractivity contribution is 6.42. The SMILES string of the molecule is CNc1c(COc2cccc(Cl)c2Cl)cccc1[N+](=O)[O-]. The van der Waals surface area contributed by atoms with Crippen molar-refractivity contribution in [2.75, 3.05) is 12.4 Å². The van der Waals surface area contributed by atoms with Gasteiger partial charge in [-0.05, 0) is 12.1 Å². The third kappa shape index (κ3) is 3.37. The van der Waals surface area contributed by atoms with Crippen LogP contribution in [0.5, 0.6) is 5.75 Å². The molecule has 0 aliphatic heterocycles. The second kappa shape index (κ2) is 6.65. The molecule has 2 aromatic carbocycles. The van der Waals surface area contributed by atoms with E-state index >= 15 is 0 Å².